The van der Waals surface area contributed by atoms with Gasteiger partial charge in [0.1, 0.15) is 0 Å². The lowest BCUT2D eigenvalue weighted by molar-refractivity contribution is -0.141. The number of rotatable bonds is 5. The first kappa shape index (κ1) is 16.5. The van der Waals surface area contributed by atoms with Crippen molar-refractivity contribution in [3.05, 3.63) is 36.5 Å². The Balaban J connectivity index is 1.61. The number of para-hydroxylation sites is 1. The van der Waals surface area contributed by atoms with Crippen LogP contribution in [0.15, 0.2) is 36.5 Å². The fourth-order valence-electron chi connectivity index (χ4n) is 3.50. The Kier molecular flexibility index (Phi) is 4.57. The molecule has 1 fully saturated rings. The predicted molar refractivity (Wildman–Crippen MR) is 91.1 cm³/mol. The summed E-state index contributed by atoms with van der Waals surface area (Å²) < 4.78 is 2.06. The summed E-state index contributed by atoms with van der Waals surface area (Å²) in [5.41, 5.74) is 5.13. The number of benzene rings is 1. The van der Waals surface area contributed by atoms with Crippen molar-refractivity contribution in [2.75, 3.05) is 13.1 Å². The summed E-state index contributed by atoms with van der Waals surface area (Å²) in [6.07, 6.45) is 3.44. The van der Waals surface area contributed by atoms with E-state index < -0.39 is 11.5 Å². The quantitative estimate of drug-likeness (QED) is 0.865. The molecule has 1 saturated heterocycles. The van der Waals surface area contributed by atoms with E-state index in [-0.39, 0.29) is 18.9 Å². The summed E-state index contributed by atoms with van der Waals surface area (Å²) in [5.74, 6) is -0.541. The van der Waals surface area contributed by atoms with E-state index in [1.165, 1.54) is 0 Å². The summed E-state index contributed by atoms with van der Waals surface area (Å²) in [5, 5.41) is 11.6. The molecule has 128 valence electrons. The summed E-state index contributed by atoms with van der Waals surface area (Å²) in [6.45, 7) is 1.39. The van der Waals surface area contributed by atoms with E-state index in [0.29, 0.717) is 32.4 Å². The third-order valence-corrected chi connectivity index (χ3v) is 4.66. The Morgan fingerprint density at radius 1 is 1.25 bits per heavy atom. The number of aromatic nitrogens is 1. The molecule has 2 heterocycles. The number of aliphatic hydroxyl groups is 1. The Bertz CT molecular complexity index is 755. The van der Waals surface area contributed by atoms with Crippen LogP contribution in [0.5, 0.6) is 0 Å². The number of aryl methyl sites for hydroxylation is 1. The van der Waals surface area contributed by atoms with E-state index >= 15 is 0 Å². The van der Waals surface area contributed by atoms with Crippen molar-refractivity contribution in [1.82, 2.24) is 9.47 Å². The molecule has 1 aromatic carbocycles. The molecule has 0 aliphatic carbocycles. The van der Waals surface area contributed by atoms with Gasteiger partial charge in [-0.1, -0.05) is 18.2 Å². The molecule has 1 unspecified atom stereocenters. The van der Waals surface area contributed by atoms with Gasteiger partial charge in [-0.2, -0.15) is 0 Å². The van der Waals surface area contributed by atoms with Gasteiger partial charge < -0.3 is 20.3 Å². The highest BCUT2D eigenvalue weighted by Gasteiger charge is 2.36. The van der Waals surface area contributed by atoms with E-state index in [9.17, 15) is 14.7 Å². The number of piperidine rings is 1. The van der Waals surface area contributed by atoms with Gasteiger partial charge in [0.15, 0.2) is 0 Å². The molecule has 6 heteroatoms. The molecule has 0 bridgehead atoms. The number of primary amides is 1. The zero-order valence-corrected chi connectivity index (χ0v) is 13.6. The van der Waals surface area contributed by atoms with Crippen molar-refractivity contribution in [1.29, 1.82) is 0 Å². The maximum atomic E-state index is 12.5. The smallest absolute Gasteiger partial charge is 0.224 e. The number of carbonyl (C=O) groups excluding carboxylic acids is 2. The fourth-order valence-corrected chi connectivity index (χ4v) is 3.50. The van der Waals surface area contributed by atoms with Gasteiger partial charge in [0, 0.05) is 37.8 Å². The monoisotopic (exact) mass is 329 g/mol. The lowest BCUT2D eigenvalue weighted by atomic mass is 9.89. The number of hydrogen-bond donors (Lipinski definition) is 2. The second-order valence-electron chi connectivity index (χ2n) is 6.60. The molecule has 0 spiro atoms. The molecule has 2 aromatic rings. The number of nitrogens with two attached hydrogens (primary N) is 1. The second-order valence-corrected chi connectivity index (χ2v) is 6.60. The number of hydrogen-bond acceptors (Lipinski definition) is 3. The minimum Gasteiger partial charge on any atom is -0.388 e. The minimum absolute atomic E-state index is 0.00428. The van der Waals surface area contributed by atoms with Crippen molar-refractivity contribution in [2.24, 2.45) is 5.73 Å². The molecule has 3 rings (SSSR count). The van der Waals surface area contributed by atoms with Crippen LogP contribution in [0, 0.1) is 0 Å². The highest BCUT2D eigenvalue weighted by atomic mass is 16.3. The lowest BCUT2D eigenvalue weighted by Gasteiger charge is -2.38. The largest absolute Gasteiger partial charge is 0.388 e. The first-order valence-electron chi connectivity index (χ1n) is 8.29. The molecule has 1 aliphatic heterocycles. The highest BCUT2D eigenvalue weighted by Crippen LogP contribution is 2.25. The molecule has 3 N–H and O–H groups in total. The van der Waals surface area contributed by atoms with Gasteiger partial charge in [-0.15, -0.1) is 0 Å². The van der Waals surface area contributed by atoms with Gasteiger partial charge in [-0.3, -0.25) is 9.59 Å². The Morgan fingerprint density at radius 2 is 2.04 bits per heavy atom. The van der Waals surface area contributed by atoms with Gasteiger partial charge in [-0.25, -0.2) is 0 Å². The topological polar surface area (TPSA) is 88.6 Å². The normalized spacial score (nSPS) is 21.1. The maximum Gasteiger partial charge on any atom is 0.224 e. The van der Waals surface area contributed by atoms with Gasteiger partial charge in [0.2, 0.25) is 11.8 Å². The zero-order valence-electron chi connectivity index (χ0n) is 13.6. The zero-order chi connectivity index (χ0) is 17.2. The summed E-state index contributed by atoms with van der Waals surface area (Å²) in [7, 11) is 0. The standard InChI is InChI=1S/C18H23N3O3/c19-16(22)12-18(24)8-3-9-21(13-18)17(23)7-11-20-10-6-14-4-1-2-5-15(14)20/h1-2,4-6,10,24H,3,7-9,11-13H2,(H2,19,22). The van der Waals surface area contributed by atoms with E-state index in [0.717, 1.165) is 10.9 Å². The van der Waals surface area contributed by atoms with Crippen molar-refractivity contribution < 1.29 is 14.7 Å². The third-order valence-electron chi connectivity index (χ3n) is 4.66. The Morgan fingerprint density at radius 3 is 2.83 bits per heavy atom. The summed E-state index contributed by atoms with van der Waals surface area (Å²) in [4.78, 5) is 25.2. The van der Waals surface area contributed by atoms with Crippen LogP contribution in [-0.4, -0.2) is 45.1 Å². The summed E-state index contributed by atoms with van der Waals surface area (Å²) in [6, 6.07) is 10.1. The second kappa shape index (κ2) is 6.65. The average molecular weight is 329 g/mol. The average Bonchev–Trinajstić information content (AvgIpc) is 2.94. The van der Waals surface area contributed by atoms with Crippen LogP contribution < -0.4 is 5.73 Å². The lowest BCUT2D eigenvalue weighted by Crippen LogP contribution is -2.52. The Hall–Kier alpha value is -2.34. The molecule has 1 atom stereocenters. The molecular weight excluding hydrogens is 306 g/mol. The number of carbonyl (C=O) groups is 2. The fraction of sp³-hybridized carbons (Fsp3) is 0.444. The number of amides is 2. The minimum atomic E-state index is -1.18. The molecule has 0 saturated carbocycles. The van der Waals surface area contributed by atoms with Crippen LogP contribution in [0.1, 0.15) is 25.7 Å². The molecule has 1 aromatic heterocycles. The van der Waals surface area contributed by atoms with E-state index in [1.807, 2.05) is 36.5 Å². The van der Waals surface area contributed by atoms with Gasteiger partial charge in [0.05, 0.1) is 12.0 Å². The van der Waals surface area contributed by atoms with Gasteiger partial charge in [0.25, 0.3) is 0 Å². The molecule has 6 nitrogen and oxygen atoms in total. The number of fused-ring (bicyclic) bond motifs is 1. The van der Waals surface area contributed by atoms with Crippen molar-refractivity contribution >= 4 is 22.7 Å². The Labute approximate surface area is 140 Å². The van der Waals surface area contributed by atoms with Gasteiger partial charge >= 0.3 is 0 Å². The molecular formula is C18H23N3O3. The number of β-amino-alcohol motifs (C(OH)–C–C–N with tert-alkyl or cyclic N) is 1. The van der Waals surface area contributed by atoms with Crippen molar-refractivity contribution in [3.63, 3.8) is 0 Å². The number of likely N-dealkylation sites (tertiary alicyclic amines) is 1. The SMILES string of the molecule is NC(=O)CC1(O)CCCN(C(=O)CCn2ccc3ccccc32)C1. The molecule has 24 heavy (non-hydrogen) atoms. The molecule has 1 aliphatic rings. The van der Waals surface area contributed by atoms with Gasteiger partial charge in [-0.05, 0) is 30.4 Å². The number of nitrogens with zero attached hydrogens (tertiary/aromatic N) is 2. The van der Waals surface area contributed by atoms with Crippen LogP contribution in [0.25, 0.3) is 10.9 Å². The first-order chi connectivity index (χ1) is 11.5. The maximum absolute atomic E-state index is 12.5. The van der Waals surface area contributed by atoms with Crippen molar-refractivity contribution in [3.8, 4) is 0 Å². The molecule has 0 radical (unpaired) electrons. The first-order valence-corrected chi connectivity index (χ1v) is 8.29. The third kappa shape index (κ3) is 3.59. The molecule has 2 amide bonds. The van der Waals surface area contributed by atoms with Crippen LogP contribution in [0.2, 0.25) is 0 Å². The van der Waals surface area contributed by atoms with Crippen LogP contribution in [-0.2, 0) is 16.1 Å². The highest BCUT2D eigenvalue weighted by molar-refractivity contribution is 5.81. The van der Waals surface area contributed by atoms with Crippen molar-refractivity contribution in [2.45, 2.75) is 37.8 Å². The van der Waals surface area contributed by atoms with E-state index in [4.69, 9.17) is 5.73 Å². The van der Waals surface area contributed by atoms with E-state index in [2.05, 4.69) is 4.57 Å². The van der Waals surface area contributed by atoms with Crippen LogP contribution >= 0.6 is 0 Å². The van der Waals surface area contributed by atoms with Crippen LogP contribution in [0.3, 0.4) is 0 Å². The predicted octanol–water partition coefficient (Wildman–Crippen LogP) is 1.26. The summed E-state index contributed by atoms with van der Waals surface area (Å²) >= 11 is 0. The van der Waals surface area contributed by atoms with Crippen LogP contribution in [0.4, 0.5) is 0 Å². The van der Waals surface area contributed by atoms with E-state index in [1.54, 1.807) is 4.90 Å².